The molecule has 6 heteroatoms. The van der Waals surface area contributed by atoms with E-state index in [0.29, 0.717) is 27.3 Å². The smallest absolute Gasteiger partial charge is 0.348 e. The summed E-state index contributed by atoms with van der Waals surface area (Å²) in [7, 11) is 0. The number of aromatic nitrogens is 2. The second kappa shape index (κ2) is 5.13. The molecule has 0 atom stereocenters. The Morgan fingerprint density at radius 2 is 2.21 bits per heavy atom. The predicted octanol–water partition coefficient (Wildman–Crippen LogP) is 2.52. The fourth-order valence-corrected chi connectivity index (χ4v) is 2.93. The summed E-state index contributed by atoms with van der Waals surface area (Å²) < 4.78 is 6.56. The summed E-state index contributed by atoms with van der Waals surface area (Å²) in [6.45, 7) is 7.67. The van der Waals surface area contributed by atoms with Gasteiger partial charge in [-0.2, -0.15) is 0 Å². The Morgan fingerprint density at radius 3 is 2.79 bits per heavy atom. The quantitative estimate of drug-likeness (QED) is 0.811. The van der Waals surface area contributed by atoms with Crippen LogP contribution in [0.25, 0.3) is 10.2 Å². The molecule has 0 fully saturated rings. The number of ether oxygens (including phenoxy) is 1. The van der Waals surface area contributed by atoms with Crippen LogP contribution in [0.5, 0.6) is 0 Å². The van der Waals surface area contributed by atoms with Crippen LogP contribution in [-0.4, -0.2) is 22.1 Å². The molecule has 0 amide bonds. The topological polar surface area (TPSA) is 61.2 Å². The molecule has 2 heterocycles. The van der Waals surface area contributed by atoms with E-state index in [0.717, 1.165) is 0 Å². The molecule has 0 aliphatic carbocycles. The maximum absolute atomic E-state index is 12.4. The third kappa shape index (κ3) is 2.28. The number of carbonyl (C=O) groups excluding carboxylic acids is 1. The summed E-state index contributed by atoms with van der Waals surface area (Å²) in [5.41, 5.74) is 0.551. The number of thiophene rings is 1. The average Bonchev–Trinajstić information content (AvgIpc) is 2.68. The lowest BCUT2D eigenvalue weighted by Crippen LogP contribution is -2.22. The van der Waals surface area contributed by atoms with Gasteiger partial charge in [0.2, 0.25) is 0 Å². The molecule has 2 rings (SSSR count). The van der Waals surface area contributed by atoms with E-state index in [9.17, 15) is 9.59 Å². The molecule has 0 saturated carbocycles. The number of esters is 1. The molecule has 0 saturated heterocycles. The maximum Gasteiger partial charge on any atom is 0.348 e. The number of aryl methyl sites for hydroxylation is 1. The standard InChI is InChI=1S/C13H16N2O3S/c1-5-18-13(17)10-8(4)9-11(19-10)14-6-15(7(2)3)12(9)16/h6-7H,5H2,1-4H3. The van der Waals surface area contributed by atoms with E-state index in [1.807, 2.05) is 13.8 Å². The summed E-state index contributed by atoms with van der Waals surface area (Å²) >= 11 is 1.21. The van der Waals surface area contributed by atoms with Crippen molar-refractivity contribution in [2.45, 2.75) is 33.7 Å². The molecule has 0 aliphatic rings. The highest BCUT2D eigenvalue weighted by molar-refractivity contribution is 7.20. The third-order valence-corrected chi connectivity index (χ3v) is 4.07. The molecule has 102 valence electrons. The van der Waals surface area contributed by atoms with Crippen LogP contribution in [0.1, 0.15) is 42.0 Å². The van der Waals surface area contributed by atoms with E-state index < -0.39 is 5.97 Å². The minimum atomic E-state index is -0.390. The van der Waals surface area contributed by atoms with Crippen molar-refractivity contribution in [3.05, 3.63) is 27.1 Å². The molecule has 0 radical (unpaired) electrons. The van der Waals surface area contributed by atoms with Gasteiger partial charge in [-0.25, -0.2) is 9.78 Å². The molecule has 2 aromatic heterocycles. The molecule has 2 aromatic rings. The highest BCUT2D eigenvalue weighted by Gasteiger charge is 2.20. The molecular formula is C13H16N2O3S. The van der Waals surface area contributed by atoms with Gasteiger partial charge in [0.25, 0.3) is 5.56 Å². The first kappa shape index (κ1) is 13.7. The van der Waals surface area contributed by atoms with Crippen molar-refractivity contribution in [1.29, 1.82) is 0 Å². The first-order chi connectivity index (χ1) is 8.97. The fraction of sp³-hybridized carbons (Fsp3) is 0.462. The summed E-state index contributed by atoms with van der Waals surface area (Å²) in [6, 6.07) is 0.0368. The van der Waals surface area contributed by atoms with E-state index in [-0.39, 0.29) is 11.6 Å². The molecule has 0 aromatic carbocycles. The third-order valence-electron chi connectivity index (χ3n) is 2.89. The second-order valence-corrected chi connectivity index (χ2v) is 5.51. The number of hydrogen-bond acceptors (Lipinski definition) is 5. The molecular weight excluding hydrogens is 264 g/mol. The second-order valence-electron chi connectivity index (χ2n) is 4.51. The predicted molar refractivity (Wildman–Crippen MR) is 75.0 cm³/mol. The van der Waals surface area contributed by atoms with Crippen LogP contribution in [0.15, 0.2) is 11.1 Å². The van der Waals surface area contributed by atoms with Gasteiger partial charge in [0, 0.05) is 6.04 Å². The Morgan fingerprint density at radius 1 is 1.53 bits per heavy atom. The number of fused-ring (bicyclic) bond motifs is 1. The fourth-order valence-electron chi connectivity index (χ4n) is 1.90. The van der Waals surface area contributed by atoms with E-state index in [1.54, 1.807) is 18.4 Å². The van der Waals surface area contributed by atoms with E-state index in [1.165, 1.54) is 17.7 Å². The molecule has 0 spiro atoms. The van der Waals surface area contributed by atoms with E-state index in [4.69, 9.17) is 4.74 Å². The van der Waals surface area contributed by atoms with Gasteiger partial charge >= 0.3 is 5.97 Å². The lowest BCUT2D eigenvalue weighted by molar-refractivity contribution is 0.0531. The molecule has 19 heavy (non-hydrogen) atoms. The van der Waals surface area contributed by atoms with Crippen LogP contribution < -0.4 is 5.56 Å². The van der Waals surface area contributed by atoms with Gasteiger partial charge in [-0.1, -0.05) is 0 Å². The Hall–Kier alpha value is -1.69. The highest BCUT2D eigenvalue weighted by atomic mass is 32.1. The Bertz CT molecular complexity index is 685. The lowest BCUT2D eigenvalue weighted by atomic mass is 10.2. The number of nitrogens with zero attached hydrogens (tertiary/aromatic N) is 2. The minimum absolute atomic E-state index is 0.0368. The Kier molecular flexibility index (Phi) is 3.71. The van der Waals surface area contributed by atoms with Gasteiger partial charge in [0.15, 0.2) is 0 Å². The van der Waals surface area contributed by atoms with Crippen LogP contribution in [0.4, 0.5) is 0 Å². The van der Waals surface area contributed by atoms with Crippen molar-refractivity contribution < 1.29 is 9.53 Å². The summed E-state index contributed by atoms with van der Waals surface area (Å²) in [5.74, 6) is -0.390. The lowest BCUT2D eigenvalue weighted by Gasteiger charge is -2.08. The van der Waals surface area contributed by atoms with Gasteiger partial charge in [-0.3, -0.25) is 9.36 Å². The summed E-state index contributed by atoms with van der Waals surface area (Å²) in [4.78, 5) is 29.5. The zero-order chi connectivity index (χ0) is 14.2. The van der Waals surface area contributed by atoms with E-state index in [2.05, 4.69) is 4.98 Å². The summed E-state index contributed by atoms with van der Waals surface area (Å²) in [6.07, 6.45) is 1.53. The van der Waals surface area contributed by atoms with Crippen LogP contribution in [-0.2, 0) is 4.74 Å². The average molecular weight is 280 g/mol. The summed E-state index contributed by atoms with van der Waals surface area (Å²) in [5, 5.41) is 0.518. The van der Waals surface area contributed by atoms with E-state index >= 15 is 0 Å². The Labute approximate surface area is 114 Å². The minimum Gasteiger partial charge on any atom is -0.462 e. The Balaban J connectivity index is 2.68. The van der Waals surface area contributed by atoms with Crippen LogP contribution in [0.2, 0.25) is 0 Å². The number of hydrogen-bond donors (Lipinski definition) is 0. The van der Waals surface area contributed by atoms with Crippen molar-refractivity contribution in [3.8, 4) is 0 Å². The molecule has 0 bridgehead atoms. The van der Waals surface area contributed by atoms with Gasteiger partial charge in [-0.05, 0) is 33.3 Å². The molecule has 0 N–H and O–H groups in total. The first-order valence-corrected chi connectivity index (χ1v) is 6.96. The maximum atomic E-state index is 12.4. The number of rotatable bonds is 3. The normalized spacial score (nSPS) is 11.2. The highest BCUT2D eigenvalue weighted by Crippen LogP contribution is 2.27. The van der Waals surface area contributed by atoms with Crippen molar-refractivity contribution in [3.63, 3.8) is 0 Å². The first-order valence-electron chi connectivity index (χ1n) is 6.14. The molecule has 0 unspecified atom stereocenters. The monoisotopic (exact) mass is 280 g/mol. The van der Waals surface area contributed by atoms with Crippen LogP contribution in [0, 0.1) is 6.92 Å². The van der Waals surface area contributed by atoms with Crippen molar-refractivity contribution in [2.75, 3.05) is 6.61 Å². The van der Waals surface area contributed by atoms with Crippen molar-refractivity contribution in [2.24, 2.45) is 0 Å². The zero-order valence-corrected chi connectivity index (χ0v) is 12.2. The SMILES string of the molecule is CCOC(=O)c1sc2ncn(C(C)C)c(=O)c2c1C. The van der Waals surface area contributed by atoms with Gasteiger partial charge < -0.3 is 4.74 Å². The van der Waals surface area contributed by atoms with Crippen molar-refractivity contribution >= 4 is 27.5 Å². The largest absolute Gasteiger partial charge is 0.462 e. The molecule has 0 aliphatic heterocycles. The molecule has 5 nitrogen and oxygen atoms in total. The zero-order valence-electron chi connectivity index (χ0n) is 11.4. The van der Waals surface area contributed by atoms with Crippen molar-refractivity contribution in [1.82, 2.24) is 9.55 Å². The van der Waals surface area contributed by atoms with Gasteiger partial charge in [0.1, 0.15) is 9.71 Å². The van der Waals surface area contributed by atoms with Crippen LogP contribution in [0.3, 0.4) is 0 Å². The van der Waals surface area contributed by atoms with Gasteiger partial charge in [0.05, 0.1) is 18.3 Å². The van der Waals surface area contributed by atoms with Gasteiger partial charge in [-0.15, -0.1) is 11.3 Å². The number of carbonyl (C=O) groups is 1. The van der Waals surface area contributed by atoms with Crippen LogP contribution >= 0.6 is 11.3 Å².